The molecule has 0 amide bonds. The summed E-state index contributed by atoms with van der Waals surface area (Å²) in [6.45, 7) is 3.20. The molecule has 1 rings (SSSR count). The predicted molar refractivity (Wildman–Crippen MR) is 66.4 cm³/mol. The Morgan fingerprint density at radius 3 is 2.29 bits per heavy atom. The lowest BCUT2D eigenvalue weighted by Crippen LogP contribution is -2.20. The molecule has 1 atom stereocenters. The number of nitro benzene ring substituents is 1. The van der Waals surface area contributed by atoms with Crippen LogP contribution in [0.25, 0.3) is 0 Å². The number of hydrogen-bond acceptors (Lipinski definition) is 5. The van der Waals surface area contributed by atoms with Gasteiger partial charge in [0.1, 0.15) is 0 Å². The van der Waals surface area contributed by atoms with Crippen molar-refractivity contribution >= 4 is 5.69 Å². The number of rotatable bonds is 5. The number of halogens is 3. The summed E-state index contributed by atoms with van der Waals surface area (Å²) in [5, 5.41) is 20.2. The minimum atomic E-state index is -4.95. The van der Waals surface area contributed by atoms with Crippen molar-refractivity contribution in [2.45, 2.75) is 32.2 Å². The molecular weight excluding hydrogens is 295 g/mol. The maximum atomic E-state index is 12.5. The molecule has 6 nitrogen and oxygen atoms in total. The minimum absolute atomic E-state index is 0.254. The van der Waals surface area contributed by atoms with Crippen LogP contribution in [0.15, 0.2) is 12.1 Å². The first-order chi connectivity index (χ1) is 9.57. The Morgan fingerprint density at radius 2 is 1.90 bits per heavy atom. The average Bonchev–Trinajstić information content (AvgIpc) is 2.35. The van der Waals surface area contributed by atoms with Gasteiger partial charge in [-0.15, -0.1) is 0 Å². The van der Waals surface area contributed by atoms with Gasteiger partial charge in [-0.1, -0.05) is 0 Å². The van der Waals surface area contributed by atoms with Gasteiger partial charge >= 0.3 is 11.9 Å². The molecule has 0 radical (unpaired) electrons. The van der Waals surface area contributed by atoms with Crippen molar-refractivity contribution in [3.05, 3.63) is 27.8 Å². The van der Waals surface area contributed by atoms with Crippen molar-refractivity contribution in [3.63, 3.8) is 0 Å². The number of nitrogens with zero attached hydrogens (tertiary/aromatic N) is 1. The van der Waals surface area contributed by atoms with Gasteiger partial charge in [0.2, 0.25) is 5.75 Å². The van der Waals surface area contributed by atoms with Gasteiger partial charge in [-0.25, -0.2) is 0 Å². The fraction of sp³-hybridized carbons (Fsp3) is 0.500. The molecular formula is C12H14F3NO5. The third-order valence-corrected chi connectivity index (χ3v) is 2.45. The lowest BCUT2D eigenvalue weighted by molar-refractivity contribution is -0.386. The highest BCUT2D eigenvalue weighted by atomic mass is 19.4. The highest BCUT2D eigenvalue weighted by Gasteiger charge is 2.41. The van der Waals surface area contributed by atoms with Crippen molar-refractivity contribution in [1.29, 1.82) is 0 Å². The van der Waals surface area contributed by atoms with Crippen LogP contribution in [-0.4, -0.2) is 29.4 Å². The van der Waals surface area contributed by atoms with Gasteiger partial charge < -0.3 is 14.6 Å². The highest BCUT2D eigenvalue weighted by Crippen LogP contribution is 2.43. The molecule has 9 heteroatoms. The van der Waals surface area contributed by atoms with Crippen LogP contribution in [-0.2, 0) is 0 Å². The number of nitro groups is 1. The van der Waals surface area contributed by atoms with Crippen molar-refractivity contribution in [2.24, 2.45) is 0 Å². The molecule has 0 saturated heterocycles. The molecule has 0 aliphatic carbocycles. The van der Waals surface area contributed by atoms with E-state index in [-0.39, 0.29) is 11.5 Å². The molecule has 0 fully saturated rings. The van der Waals surface area contributed by atoms with Crippen molar-refractivity contribution in [2.75, 3.05) is 7.11 Å². The largest absolute Gasteiger partial charge is 0.493 e. The zero-order chi connectivity index (χ0) is 16.4. The van der Waals surface area contributed by atoms with Gasteiger partial charge in [0.05, 0.1) is 18.1 Å². The number of alkyl halides is 3. The third-order valence-electron chi connectivity index (χ3n) is 2.45. The van der Waals surface area contributed by atoms with Gasteiger partial charge in [0.15, 0.2) is 11.9 Å². The highest BCUT2D eigenvalue weighted by molar-refractivity contribution is 5.58. The molecule has 0 aliphatic heterocycles. The van der Waals surface area contributed by atoms with E-state index >= 15 is 0 Å². The van der Waals surface area contributed by atoms with E-state index in [9.17, 15) is 28.4 Å². The van der Waals surface area contributed by atoms with Crippen LogP contribution in [0.5, 0.6) is 11.5 Å². The Bertz CT molecular complexity index is 530. The molecule has 0 spiro atoms. The maximum Gasteiger partial charge on any atom is 0.418 e. The maximum absolute atomic E-state index is 12.5. The number of aliphatic hydroxyl groups excluding tert-OH is 1. The van der Waals surface area contributed by atoms with Crippen LogP contribution < -0.4 is 9.47 Å². The fourth-order valence-corrected chi connectivity index (χ4v) is 1.60. The molecule has 1 N–H and O–H groups in total. The van der Waals surface area contributed by atoms with Crippen LogP contribution in [0.3, 0.4) is 0 Å². The SMILES string of the molecule is COc1cc(C(O)C(F)(F)F)cc([N+](=O)[O-])c1OC(C)C. The van der Waals surface area contributed by atoms with Gasteiger partial charge in [0, 0.05) is 11.6 Å². The monoisotopic (exact) mass is 309 g/mol. The zero-order valence-corrected chi connectivity index (χ0v) is 11.5. The van der Waals surface area contributed by atoms with Gasteiger partial charge in [-0.3, -0.25) is 10.1 Å². The first kappa shape index (κ1) is 17.0. The Labute approximate surface area is 118 Å². The van der Waals surface area contributed by atoms with Crippen molar-refractivity contribution < 1.29 is 32.7 Å². The lowest BCUT2D eigenvalue weighted by atomic mass is 10.1. The molecule has 21 heavy (non-hydrogen) atoms. The van der Waals surface area contributed by atoms with Crippen molar-refractivity contribution in [3.8, 4) is 11.5 Å². The molecule has 0 bridgehead atoms. The average molecular weight is 309 g/mol. The number of ether oxygens (including phenoxy) is 2. The fourth-order valence-electron chi connectivity index (χ4n) is 1.60. The number of aliphatic hydroxyl groups is 1. The summed E-state index contributed by atoms with van der Waals surface area (Å²) in [5.74, 6) is -0.535. The summed E-state index contributed by atoms with van der Waals surface area (Å²) in [6, 6.07) is 1.49. The lowest BCUT2D eigenvalue weighted by Gasteiger charge is -2.18. The van der Waals surface area contributed by atoms with Gasteiger partial charge in [-0.2, -0.15) is 13.2 Å². The van der Waals surface area contributed by atoms with E-state index in [1.165, 1.54) is 0 Å². The molecule has 0 aliphatic rings. The van der Waals surface area contributed by atoms with E-state index in [4.69, 9.17) is 9.47 Å². The Hall–Kier alpha value is -2.03. The van der Waals surface area contributed by atoms with Crippen LogP contribution in [0, 0.1) is 10.1 Å². The summed E-state index contributed by atoms with van der Waals surface area (Å²) < 4.78 is 47.6. The third kappa shape index (κ3) is 3.97. The van der Waals surface area contributed by atoms with E-state index in [0.29, 0.717) is 6.07 Å². The van der Waals surface area contributed by atoms with Crippen molar-refractivity contribution in [1.82, 2.24) is 0 Å². The van der Waals surface area contributed by atoms with E-state index in [1.54, 1.807) is 13.8 Å². The molecule has 0 aromatic heterocycles. The van der Waals surface area contributed by atoms with Gasteiger partial charge in [0.25, 0.3) is 0 Å². The van der Waals surface area contributed by atoms with Crippen LogP contribution in [0.1, 0.15) is 25.5 Å². The zero-order valence-electron chi connectivity index (χ0n) is 11.5. The molecule has 1 aromatic carbocycles. The second-order valence-corrected chi connectivity index (χ2v) is 4.44. The Morgan fingerprint density at radius 1 is 1.33 bits per heavy atom. The second-order valence-electron chi connectivity index (χ2n) is 4.44. The molecule has 1 unspecified atom stereocenters. The minimum Gasteiger partial charge on any atom is -0.493 e. The quantitative estimate of drug-likeness (QED) is 0.668. The number of hydrogen-bond donors (Lipinski definition) is 1. The van der Waals surface area contributed by atoms with E-state index in [0.717, 1.165) is 13.2 Å². The molecule has 118 valence electrons. The number of methoxy groups -OCH3 is 1. The summed E-state index contributed by atoms with van der Waals surface area (Å²) >= 11 is 0. The summed E-state index contributed by atoms with van der Waals surface area (Å²) in [4.78, 5) is 10.1. The summed E-state index contributed by atoms with van der Waals surface area (Å²) in [6.07, 6.45) is -8.24. The van der Waals surface area contributed by atoms with Crippen LogP contribution >= 0.6 is 0 Å². The predicted octanol–water partition coefficient (Wildman–Crippen LogP) is 2.99. The van der Waals surface area contributed by atoms with E-state index in [1.807, 2.05) is 0 Å². The first-order valence-electron chi connectivity index (χ1n) is 5.85. The van der Waals surface area contributed by atoms with Gasteiger partial charge in [-0.05, 0) is 19.9 Å². The standard InChI is InChI=1S/C12H14F3NO5/c1-6(2)21-10-8(16(18)19)4-7(5-9(10)20-3)11(17)12(13,14)15/h4-6,11,17H,1-3H3. The smallest absolute Gasteiger partial charge is 0.418 e. The van der Waals surface area contributed by atoms with E-state index < -0.39 is 34.6 Å². The summed E-state index contributed by atoms with van der Waals surface area (Å²) in [5.41, 5.74) is -1.40. The molecule has 0 saturated carbocycles. The normalized spacial score (nSPS) is 13.1. The van der Waals surface area contributed by atoms with Crippen LogP contribution in [0.4, 0.5) is 18.9 Å². The molecule has 1 aromatic rings. The molecule has 0 heterocycles. The topological polar surface area (TPSA) is 81.8 Å². The Kier molecular flexibility index (Phi) is 5.00. The number of benzene rings is 1. The first-order valence-corrected chi connectivity index (χ1v) is 5.85. The van der Waals surface area contributed by atoms with Crippen LogP contribution in [0.2, 0.25) is 0 Å². The Balaban J connectivity index is 3.46. The second kappa shape index (κ2) is 6.17. The van der Waals surface area contributed by atoms with E-state index in [2.05, 4.69) is 0 Å². The summed E-state index contributed by atoms with van der Waals surface area (Å²) in [7, 11) is 1.13.